The number of hydrogen-bond acceptors (Lipinski definition) is 0. The SMILES string of the molecule is CC1=C(C)C(C)[C]([Pt]([c]2ccccc2)[c]2ccccc2)=C1[SiH3]. The molecule has 0 aliphatic heterocycles. The van der Waals surface area contributed by atoms with Gasteiger partial charge in [-0.05, 0) is 0 Å². The van der Waals surface area contributed by atoms with Crippen LogP contribution in [0, 0.1) is 5.92 Å². The fourth-order valence-electron chi connectivity index (χ4n) is 2.86. The molecule has 1 aliphatic carbocycles. The Hall–Kier alpha value is -1.17. The van der Waals surface area contributed by atoms with E-state index in [1.54, 1.807) is 28.2 Å². The van der Waals surface area contributed by atoms with Crippen LogP contribution in [0.5, 0.6) is 0 Å². The Labute approximate surface area is 142 Å². The van der Waals surface area contributed by atoms with Crippen LogP contribution >= 0.6 is 0 Å². The summed E-state index contributed by atoms with van der Waals surface area (Å²) in [4.78, 5) is 0. The second-order valence-corrected chi connectivity index (χ2v) is 12.3. The zero-order valence-electron chi connectivity index (χ0n) is 13.7. The standard InChI is InChI=1S/C8H13Si.2C6H5.Pt/c1-5-4-8(9)7(3)6(5)2;2*1-2-4-6-5-3-1;/h5H,1-3,9H3;2*1-5H;. The van der Waals surface area contributed by atoms with Gasteiger partial charge in [0.1, 0.15) is 0 Å². The quantitative estimate of drug-likeness (QED) is 0.586. The Morgan fingerprint density at radius 2 is 1.27 bits per heavy atom. The van der Waals surface area contributed by atoms with Gasteiger partial charge in [0.15, 0.2) is 0 Å². The molecule has 2 aromatic rings. The molecular formula is C20H23PtSi. The van der Waals surface area contributed by atoms with Crippen LogP contribution in [0.3, 0.4) is 0 Å². The summed E-state index contributed by atoms with van der Waals surface area (Å²) in [5.74, 6) is 0.624. The predicted octanol–water partition coefficient (Wildman–Crippen LogP) is 2.82. The van der Waals surface area contributed by atoms with E-state index in [1.165, 1.54) is 0 Å². The molecule has 2 aromatic carbocycles. The zero-order chi connectivity index (χ0) is 15.7. The first-order chi connectivity index (χ1) is 10.6. The van der Waals surface area contributed by atoms with Crippen molar-refractivity contribution in [3.63, 3.8) is 0 Å². The number of hydrogen-bond donors (Lipinski definition) is 0. The van der Waals surface area contributed by atoms with E-state index in [9.17, 15) is 0 Å². The maximum atomic E-state index is 2.41. The average molecular weight is 487 g/mol. The second-order valence-electron chi connectivity index (χ2n) is 5.73. The molecule has 0 radical (unpaired) electrons. The first-order valence-corrected chi connectivity index (χ1v) is 12.1. The van der Waals surface area contributed by atoms with Gasteiger partial charge >= 0.3 is 143 Å². The van der Waals surface area contributed by atoms with Crippen LogP contribution in [0.2, 0.25) is 0 Å². The molecular weight excluding hydrogens is 463 g/mol. The molecule has 1 atom stereocenters. The topological polar surface area (TPSA) is 0 Å². The number of benzene rings is 2. The van der Waals surface area contributed by atoms with Gasteiger partial charge in [-0.2, -0.15) is 0 Å². The molecule has 0 bridgehead atoms. The summed E-state index contributed by atoms with van der Waals surface area (Å²) in [6.45, 7) is 7.07. The molecule has 0 saturated heterocycles. The van der Waals surface area contributed by atoms with Crippen LogP contribution in [-0.4, -0.2) is 10.2 Å². The Bertz CT molecular complexity index is 689. The van der Waals surface area contributed by atoms with Crippen LogP contribution in [0.4, 0.5) is 0 Å². The number of rotatable bonds is 3. The molecule has 0 nitrogen and oxygen atoms in total. The van der Waals surface area contributed by atoms with Crippen LogP contribution < -0.4 is 7.91 Å². The third kappa shape index (κ3) is 2.73. The van der Waals surface area contributed by atoms with Crippen molar-refractivity contribution in [2.45, 2.75) is 20.8 Å². The summed E-state index contributed by atoms with van der Waals surface area (Å²) in [5.41, 5.74) is 3.16. The summed E-state index contributed by atoms with van der Waals surface area (Å²) in [7, 11) is 1.16. The molecule has 0 saturated carbocycles. The van der Waals surface area contributed by atoms with Crippen molar-refractivity contribution >= 4 is 18.1 Å². The van der Waals surface area contributed by atoms with Crippen LogP contribution in [0.15, 0.2) is 81.0 Å². The van der Waals surface area contributed by atoms with Gasteiger partial charge in [-0.3, -0.25) is 0 Å². The Kier molecular flexibility index (Phi) is 4.66. The van der Waals surface area contributed by atoms with Crippen LogP contribution in [0.25, 0.3) is 0 Å². The molecule has 0 heterocycles. The van der Waals surface area contributed by atoms with E-state index in [2.05, 4.69) is 81.4 Å². The molecule has 22 heavy (non-hydrogen) atoms. The van der Waals surface area contributed by atoms with Gasteiger partial charge < -0.3 is 0 Å². The van der Waals surface area contributed by atoms with E-state index in [0.717, 1.165) is 10.2 Å². The molecule has 0 amide bonds. The van der Waals surface area contributed by atoms with Crippen molar-refractivity contribution in [3.05, 3.63) is 81.0 Å². The Morgan fingerprint density at radius 1 is 0.818 bits per heavy atom. The molecule has 1 unspecified atom stereocenters. The molecule has 0 spiro atoms. The third-order valence-electron chi connectivity index (χ3n) is 4.45. The normalized spacial score (nSPS) is 19.0. The summed E-state index contributed by atoms with van der Waals surface area (Å²) in [6.07, 6.45) is 0. The third-order valence-corrected chi connectivity index (χ3v) is 14.0. The van der Waals surface area contributed by atoms with E-state index >= 15 is 0 Å². The van der Waals surface area contributed by atoms with Crippen LogP contribution in [-0.2, 0) is 17.3 Å². The molecule has 0 fully saturated rings. The van der Waals surface area contributed by atoms with Gasteiger partial charge in [0, 0.05) is 0 Å². The molecule has 117 valence electrons. The molecule has 1 aliphatic rings. The van der Waals surface area contributed by atoms with Crippen molar-refractivity contribution in [2.24, 2.45) is 5.92 Å². The van der Waals surface area contributed by atoms with Gasteiger partial charge in [-0.25, -0.2) is 0 Å². The Balaban J connectivity index is 2.17. The fraction of sp³-hybridized carbons (Fsp3) is 0.200. The summed E-state index contributed by atoms with van der Waals surface area (Å²) < 4.78 is 4.91. The minimum atomic E-state index is -1.55. The molecule has 0 aromatic heterocycles. The van der Waals surface area contributed by atoms with E-state index in [1.807, 2.05) is 0 Å². The minimum absolute atomic E-state index is 0.624. The van der Waals surface area contributed by atoms with E-state index in [0.29, 0.717) is 5.92 Å². The van der Waals surface area contributed by atoms with Crippen molar-refractivity contribution in [2.75, 3.05) is 0 Å². The first kappa shape index (κ1) is 15.7. The zero-order valence-corrected chi connectivity index (χ0v) is 17.9. The van der Waals surface area contributed by atoms with E-state index < -0.39 is 17.3 Å². The fourth-order valence-corrected chi connectivity index (χ4v) is 12.3. The summed E-state index contributed by atoms with van der Waals surface area (Å²) >= 11 is -1.55. The van der Waals surface area contributed by atoms with Gasteiger partial charge in [0.25, 0.3) is 0 Å². The van der Waals surface area contributed by atoms with Crippen molar-refractivity contribution in [1.29, 1.82) is 0 Å². The Morgan fingerprint density at radius 3 is 1.64 bits per heavy atom. The molecule has 3 rings (SSSR count). The summed E-state index contributed by atoms with van der Waals surface area (Å²) in [5, 5.41) is 1.68. The van der Waals surface area contributed by atoms with Gasteiger partial charge in [0.05, 0.1) is 0 Å². The van der Waals surface area contributed by atoms with E-state index in [-0.39, 0.29) is 0 Å². The van der Waals surface area contributed by atoms with Crippen molar-refractivity contribution in [3.8, 4) is 0 Å². The predicted molar refractivity (Wildman–Crippen MR) is 96.7 cm³/mol. The molecule has 0 N–H and O–H groups in total. The van der Waals surface area contributed by atoms with Crippen molar-refractivity contribution in [1.82, 2.24) is 0 Å². The van der Waals surface area contributed by atoms with E-state index in [4.69, 9.17) is 0 Å². The second kappa shape index (κ2) is 6.52. The molecule has 2 heteroatoms. The van der Waals surface area contributed by atoms with Gasteiger partial charge in [-0.1, -0.05) is 0 Å². The summed E-state index contributed by atoms with van der Waals surface area (Å²) in [6, 6.07) is 22.4. The number of allylic oxidation sites excluding steroid dienone is 4. The maximum absolute atomic E-state index is 2.41. The first-order valence-electron chi connectivity index (χ1n) is 7.70. The average Bonchev–Trinajstić information content (AvgIpc) is 2.75. The van der Waals surface area contributed by atoms with Crippen molar-refractivity contribution < 1.29 is 17.3 Å². The van der Waals surface area contributed by atoms with Crippen LogP contribution in [0.1, 0.15) is 20.8 Å². The van der Waals surface area contributed by atoms with Gasteiger partial charge in [0.2, 0.25) is 0 Å². The monoisotopic (exact) mass is 486 g/mol. The van der Waals surface area contributed by atoms with Gasteiger partial charge in [-0.15, -0.1) is 0 Å².